The zero-order valence-corrected chi connectivity index (χ0v) is 13.6. The number of nitrogens with zero attached hydrogens (tertiary/aromatic N) is 2. The highest BCUT2D eigenvalue weighted by Gasteiger charge is 2.03. The lowest BCUT2D eigenvalue weighted by Crippen LogP contribution is -2.07. The lowest BCUT2D eigenvalue weighted by molar-refractivity contribution is 0.922. The third-order valence-corrected chi connectivity index (χ3v) is 3.59. The molecule has 21 heavy (non-hydrogen) atoms. The van der Waals surface area contributed by atoms with Crippen molar-refractivity contribution in [2.75, 3.05) is 23.4 Å². The van der Waals surface area contributed by atoms with Crippen LogP contribution in [0.15, 0.2) is 35.5 Å². The first-order valence-corrected chi connectivity index (χ1v) is 8.40. The summed E-state index contributed by atoms with van der Waals surface area (Å²) in [5, 5.41) is 7.46. The molecule has 1 aromatic carbocycles. The standard InChI is InChI=1S/C16H22N4S/c1-4-9-17-14-10-15(20-16(19-14)21-3)18-11-13-7-5-12(2)6-8-13/h5-8,10H,4,9,11H2,1-3H3,(H2,17,18,19,20). The molecule has 2 rings (SSSR count). The number of hydrogen-bond acceptors (Lipinski definition) is 5. The number of hydrogen-bond donors (Lipinski definition) is 2. The van der Waals surface area contributed by atoms with E-state index in [-0.39, 0.29) is 0 Å². The summed E-state index contributed by atoms with van der Waals surface area (Å²) in [6, 6.07) is 10.5. The highest BCUT2D eigenvalue weighted by molar-refractivity contribution is 7.98. The predicted octanol–water partition coefficient (Wildman–Crippen LogP) is 3.94. The van der Waals surface area contributed by atoms with Gasteiger partial charge in [0, 0.05) is 19.2 Å². The van der Waals surface area contributed by atoms with Crippen molar-refractivity contribution >= 4 is 23.4 Å². The van der Waals surface area contributed by atoms with E-state index in [4.69, 9.17) is 0 Å². The molecule has 0 saturated carbocycles. The fourth-order valence-corrected chi connectivity index (χ4v) is 2.23. The molecule has 0 spiro atoms. The smallest absolute Gasteiger partial charge is 0.191 e. The van der Waals surface area contributed by atoms with Gasteiger partial charge in [-0.25, -0.2) is 9.97 Å². The van der Waals surface area contributed by atoms with E-state index in [2.05, 4.69) is 58.7 Å². The Balaban J connectivity index is 2.05. The zero-order chi connectivity index (χ0) is 15.1. The number of rotatable bonds is 7. The molecule has 0 bridgehead atoms. The minimum Gasteiger partial charge on any atom is -0.370 e. The Kier molecular flexibility index (Phi) is 5.87. The van der Waals surface area contributed by atoms with Crippen LogP contribution < -0.4 is 10.6 Å². The molecule has 0 aliphatic heterocycles. The van der Waals surface area contributed by atoms with E-state index >= 15 is 0 Å². The van der Waals surface area contributed by atoms with E-state index in [1.165, 1.54) is 11.1 Å². The Morgan fingerprint density at radius 3 is 2.33 bits per heavy atom. The largest absolute Gasteiger partial charge is 0.370 e. The van der Waals surface area contributed by atoms with Gasteiger partial charge in [0.2, 0.25) is 0 Å². The minimum atomic E-state index is 0.762. The normalized spacial score (nSPS) is 10.4. The van der Waals surface area contributed by atoms with Gasteiger partial charge in [-0.2, -0.15) is 0 Å². The summed E-state index contributed by atoms with van der Waals surface area (Å²) in [6.45, 7) is 5.92. The highest BCUT2D eigenvalue weighted by atomic mass is 32.2. The molecule has 112 valence electrons. The van der Waals surface area contributed by atoms with Crippen LogP contribution in [0.5, 0.6) is 0 Å². The fraction of sp³-hybridized carbons (Fsp3) is 0.375. The molecule has 0 aliphatic rings. The summed E-state index contributed by atoms with van der Waals surface area (Å²) in [4.78, 5) is 8.95. The second kappa shape index (κ2) is 7.88. The molecule has 2 aromatic rings. The van der Waals surface area contributed by atoms with E-state index in [0.717, 1.165) is 36.3 Å². The van der Waals surface area contributed by atoms with Crippen molar-refractivity contribution in [2.45, 2.75) is 32.0 Å². The Labute approximate surface area is 130 Å². The summed E-state index contributed by atoms with van der Waals surface area (Å²) in [6.07, 6.45) is 3.06. The Morgan fingerprint density at radius 2 is 1.71 bits per heavy atom. The summed E-state index contributed by atoms with van der Waals surface area (Å²) in [5.74, 6) is 1.73. The molecule has 0 radical (unpaired) electrons. The van der Waals surface area contributed by atoms with Gasteiger partial charge in [0.25, 0.3) is 0 Å². The van der Waals surface area contributed by atoms with E-state index in [1.54, 1.807) is 11.8 Å². The topological polar surface area (TPSA) is 49.8 Å². The lowest BCUT2D eigenvalue weighted by atomic mass is 10.1. The SMILES string of the molecule is CCCNc1cc(NCc2ccc(C)cc2)nc(SC)n1. The number of benzene rings is 1. The monoisotopic (exact) mass is 302 g/mol. The number of thioether (sulfide) groups is 1. The number of anilines is 2. The van der Waals surface area contributed by atoms with Gasteiger partial charge >= 0.3 is 0 Å². The van der Waals surface area contributed by atoms with Crippen LogP contribution in [0.25, 0.3) is 0 Å². The van der Waals surface area contributed by atoms with Crippen molar-refractivity contribution in [1.29, 1.82) is 0 Å². The van der Waals surface area contributed by atoms with E-state index in [9.17, 15) is 0 Å². The maximum absolute atomic E-state index is 4.49. The average Bonchev–Trinajstić information content (AvgIpc) is 2.52. The van der Waals surface area contributed by atoms with Gasteiger partial charge in [0.1, 0.15) is 11.6 Å². The van der Waals surface area contributed by atoms with Crippen molar-refractivity contribution in [1.82, 2.24) is 9.97 Å². The third-order valence-electron chi connectivity index (χ3n) is 3.04. The van der Waals surface area contributed by atoms with Crippen LogP contribution in [0, 0.1) is 6.92 Å². The molecule has 4 nitrogen and oxygen atoms in total. The first-order valence-electron chi connectivity index (χ1n) is 7.17. The Morgan fingerprint density at radius 1 is 1.05 bits per heavy atom. The van der Waals surface area contributed by atoms with Gasteiger partial charge < -0.3 is 10.6 Å². The summed E-state index contributed by atoms with van der Waals surface area (Å²) in [5.41, 5.74) is 2.52. The van der Waals surface area contributed by atoms with Crippen molar-refractivity contribution < 1.29 is 0 Å². The molecule has 1 heterocycles. The molecular weight excluding hydrogens is 280 g/mol. The number of aromatic nitrogens is 2. The maximum atomic E-state index is 4.49. The molecular formula is C16H22N4S. The molecule has 5 heteroatoms. The molecule has 0 fully saturated rings. The van der Waals surface area contributed by atoms with Gasteiger partial charge in [-0.1, -0.05) is 48.5 Å². The van der Waals surface area contributed by atoms with Gasteiger partial charge in [0.15, 0.2) is 5.16 Å². The predicted molar refractivity (Wildman–Crippen MR) is 91.1 cm³/mol. The molecule has 0 unspecified atom stereocenters. The zero-order valence-electron chi connectivity index (χ0n) is 12.8. The summed E-state index contributed by atoms with van der Waals surface area (Å²) < 4.78 is 0. The second-order valence-electron chi connectivity index (χ2n) is 4.89. The van der Waals surface area contributed by atoms with Crippen LogP contribution in [0.4, 0.5) is 11.6 Å². The summed E-state index contributed by atoms with van der Waals surface area (Å²) in [7, 11) is 0. The van der Waals surface area contributed by atoms with Crippen molar-refractivity contribution in [3.05, 3.63) is 41.5 Å². The average molecular weight is 302 g/mol. The van der Waals surface area contributed by atoms with Gasteiger partial charge in [-0.05, 0) is 25.2 Å². The van der Waals surface area contributed by atoms with Crippen LogP contribution >= 0.6 is 11.8 Å². The van der Waals surface area contributed by atoms with Crippen molar-refractivity contribution in [3.8, 4) is 0 Å². The van der Waals surface area contributed by atoms with E-state index < -0.39 is 0 Å². The van der Waals surface area contributed by atoms with E-state index in [1.807, 2.05) is 12.3 Å². The van der Waals surface area contributed by atoms with Crippen LogP contribution in [0.1, 0.15) is 24.5 Å². The van der Waals surface area contributed by atoms with Crippen LogP contribution in [0.3, 0.4) is 0 Å². The van der Waals surface area contributed by atoms with Gasteiger partial charge in [-0.15, -0.1) is 0 Å². The highest BCUT2D eigenvalue weighted by Crippen LogP contribution is 2.18. The molecule has 0 amide bonds. The van der Waals surface area contributed by atoms with E-state index in [0.29, 0.717) is 0 Å². The number of aryl methyl sites for hydroxylation is 1. The summed E-state index contributed by atoms with van der Waals surface area (Å²) >= 11 is 1.55. The molecule has 1 aromatic heterocycles. The second-order valence-corrected chi connectivity index (χ2v) is 5.66. The third kappa shape index (κ3) is 4.93. The molecule has 0 saturated heterocycles. The Hall–Kier alpha value is -1.75. The molecule has 2 N–H and O–H groups in total. The molecule has 0 atom stereocenters. The van der Waals surface area contributed by atoms with Crippen molar-refractivity contribution in [2.24, 2.45) is 0 Å². The Bertz CT molecular complexity index is 569. The minimum absolute atomic E-state index is 0.762. The first kappa shape index (κ1) is 15.6. The lowest BCUT2D eigenvalue weighted by Gasteiger charge is -2.10. The maximum Gasteiger partial charge on any atom is 0.191 e. The van der Waals surface area contributed by atoms with Crippen molar-refractivity contribution in [3.63, 3.8) is 0 Å². The van der Waals surface area contributed by atoms with Crippen LogP contribution in [0.2, 0.25) is 0 Å². The first-order chi connectivity index (χ1) is 10.2. The quantitative estimate of drug-likeness (QED) is 0.599. The van der Waals surface area contributed by atoms with Crippen LogP contribution in [-0.4, -0.2) is 22.8 Å². The van der Waals surface area contributed by atoms with Crippen LogP contribution in [-0.2, 0) is 6.54 Å². The van der Waals surface area contributed by atoms with Gasteiger partial charge in [-0.3, -0.25) is 0 Å². The number of nitrogens with one attached hydrogen (secondary N) is 2. The fourth-order valence-electron chi connectivity index (χ4n) is 1.85. The van der Waals surface area contributed by atoms with Gasteiger partial charge in [0.05, 0.1) is 0 Å². The molecule has 0 aliphatic carbocycles.